The van der Waals surface area contributed by atoms with Crippen molar-refractivity contribution in [3.63, 3.8) is 0 Å². The number of guanidine groups is 1. The molecule has 9 heteroatoms. The zero-order chi connectivity index (χ0) is 22.3. The van der Waals surface area contributed by atoms with Crippen molar-refractivity contribution in [1.82, 2.24) is 30.3 Å². The van der Waals surface area contributed by atoms with Gasteiger partial charge in [-0.3, -0.25) is 4.79 Å². The molecule has 172 valence electrons. The van der Waals surface area contributed by atoms with E-state index in [1.165, 1.54) is 0 Å². The van der Waals surface area contributed by atoms with Gasteiger partial charge >= 0.3 is 0 Å². The van der Waals surface area contributed by atoms with Crippen LogP contribution in [0.1, 0.15) is 49.0 Å². The number of fused-ring (bicyclic) bond motifs is 1. The second-order valence-electron chi connectivity index (χ2n) is 8.37. The number of carbonyl (C=O) groups excluding carboxylic acids is 1. The van der Waals surface area contributed by atoms with Crippen molar-refractivity contribution in [2.24, 2.45) is 4.99 Å². The summed E-state index contributed by atoms with van der Waals surface area (Å²) in [5, 5.41) is 11.5. The number of rotatable bonds is 8. The van der Waals surface area contributed by atoms with Crippen molar-refractivity contribution >= 4 is 11.9 Å². The van der Waals surface area contributed by atoms with Crippen LogP contribution in [0, 0.1) is 0 Å². The number of nitrogens with one attached hydrogen (secondary N) is 2. The van der Waals surface area contributed by atoms with Gasteiger partial charge in [0, 0.05) is 45.6 Å². The lowest BCUT2D eigenvalue weighted by Gasteiger charge is -2.25. The molecule has 0 bridgehead atoms. The maximum atomic E-state index is 11.9. The van der Waals surface area contributed by atoms with Crippen LogP contribution in [0.2, 0.25) is 0 Å². The van der Waals surface area contributed by atoms with Gasteiger partial charge < -0.3 is 20.3 Å². The summed E-state index contributed by atoms with van der Waals surface area (Å²) in [6, 6.07) is 8.61. The van der Waals surface area contributed by atoms with Crippen LogP contribution in [0.15, 0.2) is 29.3 Å². The maximum Gasteiger partial charge on any atom is 0.222 e. The molecular weight excluding hydrogens is 406 g/mol. The molecule has 1 amide bonds. The Bertz CT molecular complexity index is 956. The topological polar surface area (TPSA) is 96.7 Å². The van der Waals surface area contributed by atoms with E-state index in [-0.39, 0.29) is 11.9 Å². The third kappa shape index (κ3) is 5.64. The van der Waals surface area contributed by atoms with Crippen LogP contribution in [0.5, 0.6) is 0 Å². The van der Waals surface area contributed by atoms with Crippen LogP contribution >= 0.6 is 0 Å². The summed E-state index contributed by atoms with van der Waals surface area (Å²) < 4.78 is 7.13. The zero-order valence-electron chi connectivity index (χ0n) is 19.0. The van der Waals surface area contributed by atoms with Gasteiger partial charge in [0.2, 0.25) is 5.91 Å². The molecule has 0 radical (unpaired) electrons. The minimum atomic E-state index is 0.241. The third-order valence-corrected chi connectivity index (χ3v) is 5.82. The lowest BCUT2D eigenvalue weighted by Crippen LogP contribution is -2.47. The summed E-state index contributed by atoms with van der Waals surface area (Å²) in [6.07, 6.45) is 3.50. The molecule has 1 aromatic carbocycles. The standard InChI is InChI=1S/C23H33N7O2/c1-3-24-23(26-19-9-10-21-27-20(16-32-2)28-30(21)15-19)25-13-17-6-4-7-18(12-17)14-29-11-5-8-22(29)31/h4,6-7,12,19H,3,5,8-11,13-16H2,1-2H3,(H2,24,25,26). The Kier molecular flexibility index (Phi) is 7.36. The van der Waals surface area contributed by atoms with Crippen LogP contribution in [-0.2, 0) is 42.2 Å². The minimum Gasteiger partial charge on any atom is -0.377 e. The van der Waals surface area contributed by atoms with Crippen LogP contribution in [0.25, 0.3) is 0 Å². The summed E-state index contributed by atoms with van der Waals surface area (Å²) in [5.41, 5.74) is 2.29. The first-order valence-corrected chi connectivity index (χ1v) is 11.5. The van der Waals surface area contributed by atoms with Gasteiger partial charge in [-0.2, -0.15) is 5.10 Å². The average molecular weight is 440 g/mol. The van der Waals surface area contributed by atoms with Crippen LogP contribution in [0.3, 0.4) is 0 Å². The van der Waals surface area contributed by atoms with Gasteiger partial charge in [-0.05, 0) is 30.9 Å². The van der Waals surface area contributed by atoms with Crippen molar-refractivity contribution in [3.8, 4) is 0 Å². The number of methoxy groups -OCH3 is 1. The Balaban J connectivity index is 1.37. The Morgan fingerprint density at radius 3 is 2.97 bits per heavy atom. The van der Waals surface area contributed by atoms with Gasteiger partial charge in [0.05, 0.1) is 13.1 Å². The number of hydrogen-bond donors (Lipinski definition) is 2. The van der Waals surface area contributed by atoms with E-state index < -0.39 is 0 Å². The molecule has 1 fully saturated rings. The van der Waals surface area contributed by atoms with E-state index in [1.807, 2.05) is 15.6 Å². The highest BCUT2D eigenvalue weighted by atomic mass is 16.5. The van der Waals surface area contributed by atoms with Gasteiger partial charge in [0.25, 0.3) is 0 Å². The number of nitrogens with zero attached hydrogens (tertiary/aromatic N) is 5. The number of aryl methyl sites for hydroxylation is 1. The normalized spacial score (nSPS) is 18.7. The number of likely N-dealkylation sites (tertiary alicyclic amines) is 1. The van der Waals surface area contributed by atoms with E-state index in [0.29, 0.717) is 26.1 Å². The predicted octanol–water partition coefficient (Wildman–Crippen LogP) is 1.62. The molecule has 2 aliphatic heterocycles. The average Bonchev–Trinajstić information content (AvgIpc) is 3.38. The Labute approximate surface area is 189 Å². The van der Waals surface area contributed by atoms with E-state index in [2.05, 4.69) is 45.8 Å². The van der Waals surface area contributed by atoms with Crippen molar-refractivity contribution in [3.05, 3.63) is 47.0 Å². The van der Waals surface area contributed by atoms with Crippen molar-refractivity contribution in [2.45, 2.75) is 64.9 Å². The first-order chi connectivity index (χ1) is 15.6. The highest BCUT2D eigenvalue weighted by molar-refractivity contribution is 5.80. The molecule has 0 saturated carbocycles. The third-order valence-electron chi connectivity index (χ3n) is 5.82. The van der Waals surface area contributed by atoms with Gasteiger partial charge in [-0.25, -0.2) is 14.7 Å². The Morgan fingerprint density at radius 1 is 1.31 bits per heavy atom. The summed E-state index contributed by atoms with van der Waals surface area (Å²) in [7, 11) is 1.66. The van der Waals surface area contributed by atoms with Crippen molar-refractivity contribution in [2.75, 3.05) is 20.2 Å². The van der Waals surface area contributed by atoms with Crippen LogP contribution < -0.4 is 10.6 Å². The van der Waals surface area contributed by atoms with Crippen LogP contribution in [0.4, 0.5) is 0 Å². The lowest BCUT2D eigenvalue weighted by atomic mass is 10.1. The first-order valence-electron chi connectivity index (χ1n) is 11.5. The number of hydrogen-bond acceptors (Lipinski definition) is 5. The molecule has 32 heavy (non-hydrogen) atoms. The van der Waals surface area contributed by atoms with Crippen molar-refractivity contribution < 1.29 is 9.53 Å². The molecule has 9 nitrogen and oxygen atoms in total. The minimum absolute atomic E-state index is 0.241. The molecule has 1 unspecified atom stereocenters. The molecule has 4 rings (SSSR count). The molecule has 0 spiro atoms. The van der Waals surface area contributed by atoms with E-state index >= 15 is 0 Å². The summed E-state index contributed by atoms with van der Waals surface area (Å²) in [4.78, 5) is 23.2. The fraction of sp³-hybridized carbons (Fsp3) is 0.565. The molecule has 1 atom stereocenters. The zero-order valence-corrected chi connectivity index (χ0v) is 19.0. The number of aliphatic imine (C=N–C) groups is 1. The molecule has 1 saturated heterocycles. The fourth-order valence-corrected chi connectivity index (χ4v) is 4.27. The first kappa shape index (κ1) is 22.3. The molecule has 2 aliphatic rings. The number of ether oxygens (including phenoxy) is 1. The second kappa shape index (κ2) is 10.6. The molecule has 2 aromatic rings. The Morgan fingerprint density at radius 2 is 2.19 bits per heavy atom. The summed E-state index contributed by atoms with van der Waals surface area (Å²) in [6.45, 7) is 6.18. The molecule has 1 aromatic heterocycles. The summed E-state index contributed by atoms with van der Waals surface area (Å²) in [5.74, 6) is 2.81. The highest BCUT2D eigenvalue weighted by Crippen LogP contribution is 2.16. The maximum absolute atomic E-state index is 11.9. The van der Waals surface area contributed by atoms with Crippen LogP contribution in [-0.4, -0.2) is 57.8 Å². The monoisotopic (exact) mass is 439 g/mol. The number of benzene rings is 1. The van der Waals surface area contributed by atoms with E-state index in [1.54, 1.807) is 7.11 Å². The molecule has 0 aliphatic carbocycles. The number of carbonyl (C=O) groups is 1. The largest absolute Gasteiger partial charge is 0.377 e. The van der Waals surface area contributed by atoms with E-state index in [9.17, 15) is 4.79 Å². The fourth-order valence-electron chi connectivity index (χ4n) is 4.27. The van der Waals surface area contributed by atoms with Gasteiger partial charge in [-0.15, -0.1) is 0 Å². The SMILES string of the molecule is CCNC(=NCc1cccc(CN2CCCC2=O)c1)NC1CCc2nc(COC)nn2C1. The molecule has 2 N–H and O–H groups in total. The summed E-state index contributed by atoms with van der Waals surface area (Å²) >= 11 is 0. The molecule has 3 heterocycles. The highest BCUT2D eigenvalue weighted by Gasteiger charge is 2.22. The van der Waals surface area contributed by atoms with Gasteiger partial charge in [0.1, 0.15) is 12.4 Å². The lowest BCUT2D eigenvalue weighted by molar-refractivity contribution is -0.128. The Hall–Kier alpha value is -2.94. The number of aromatic nitrogens is 3. The molecular formula is C23H33N7O2. The van der Waals surface area contributed by atoms with Gasteiger partial charge in [-0.1, -0.05) is 24.3 Å². The quantitative estimate of drug-likeness (QED) is 0.479. The van der Waals surface area contributed by atoms with Gasteiger partial charge in [0.15, 0.2) is 11.8 Å². The predicted molar refractivity (Wildman–Crippen MR) is 122 cm³/mol. The number of amides is 1. The van der Waals surface area contributed by atoms with Crippen molar-refractivity contribution in [1.29, 1.82) is 0 Å². The van der Waals surface area contributed by atoms with E-state index in [4.69, 9.17) is 9.73 Å². The smallest absolute Gasteiger partial charge is 0.222 e. The second-order valence-corrected chi connectivity index (χ2v) is 8.37. The van der Waals surface area contributed by atoms with E-state index in [0.717, 1.165) is 67.6 Å².